The molecule has 2 amide bonds. The molecule has 1 aliphatic heterocycles. The molecule has 0 aromatic carbocycles. The Hall–Kier alpha value is -0.900. The highest BCUT2D eigenvalue weighted by Crippen LogP contribution is 2.26. The van der Waals surface area contributed by atoms with Crippen molar-refractivity contribution >= 4 is 48.0 Å². The van der Waals surface area contributed by atoms with Crippen molar-refractivity contribution in [2.45, 2.75) is 6.04 Å². The first kappa shape index (κ1) is 24.1. The van der Waals surface area contributed by atoms with Gasteiger partial charge in [0.05, 0.1) is 32.3 Å². The summed E-state index contributed by atoms with van der Waals surface area (Å²) in [6.07, 6.45) is 0. The summed E-state index contributed by atoms with van der Waals surface area (Å²) in [7, 11) is 1.76. The molecule has 0 spiro atoms. The first-order valence-corrected chi connectivity index (χ1v) is 8.55. The molecule has 1 aromatic rings. The zero-order valence-corrected chi connectivity index (χ0v) is 16.6. The number of hydrogen-bond donors (Lipinski definition) is 2. The summed E-state index contributed by atoms with van der Waals surface area (Å²) < 4.78 is 5.42. The van der Waals surface area contributed by atoms with E-state index >= 15 is 0 Å². The van der Waals surface area contributed by atoms with E-state index in [1.807, 2.05) is 11.4 Å². The summed E-state index contributed by atoms with van der Waals surface area (Å²) in [5.74, 6) is -0.448. The molecule has 1 unspecified atom stereocenters. The second-order valence-electron chi connectivity index (χ2n) is 5.43. The van der Waals surface area contributed by atoms with Gasteiger partial charge in [0.2, 0.25) is 11.8 Å². The van der Waals surface area contributed by atoms with Gasteiger partial charge in [-0.25, -0.2) is 0 Å². The quantitative estimate of drug-likeness (QED) is 0.680. The van der Waals surface area contributed by atoms with E-state index in [1.54, 1.807) is 23.3 Å². The zero-order valence-electron chi connectivity index (χ0n) is 14.2. The number of amides is 2. The van der Waals surface area contributed by atoms with Crippen LogP contribution in [0.3, 0.4) is 0 Å². The summed E-state index contributed by atoms with van der Waals surface area (Å²) in [6, 6.07) is 4.27. The van der Waals surface area contributed by atoms with Crippen LogP contribution in [0, 0.1) is 0 Å². The lowest BCUT2D eigenvalue weighted by Crippen LogP contribution is -2.46. The van der Waals surface area contributed by atoms with Crippen LogP contribution < -0.4 is 11.1 Å². The van der Waals surface area contributed by atoms with E-state index in [4.69, 9.17) is 10.5 Å². The van der Waals surface area contributed by atoms with Crippen LogP contribution in [-0.4, -0.2) is 74.6 Å². The van der Waals surface area contributed by atoms with Crippen LogP contribution in [-0.2, 0) is 14.3 Å². The molecule has 10 heteroatoms. The third-order valence-electron chi connectivity index (χ3n) is 3.85. The number of rotatable bonds is 7. The lowest BCUT2D eigenvalue weighted by atomic mass is 10.1. The van der Waals surface area contributed by atoms with Gasteiger partial charge in [-0.3, -0.25) is 14.5 Å². The van der Waals surface area contributed by atoms with Gasteiger partial charge < -0.3 is 20.7 Å². The van der Waals surface area contributed by atoms with E-state index < -0.39 is 0 Å². The summed E-state index contributed by atoms with van der Waals surface area (Å²) in [5.41, 5.74) is 5.22. The Kier molecular flexibility index (Phi) is 12.0. The Bertz CT molecular complexity index is 513. The van der Waals surface area contributed by atoms with Gasteiger partial charge in [0.25, 0.3) is 0 Å². The minimum absolute atomic E-state index is 0. The molecule has 2 rings (SSSR count). The van der Waals surface area contributed by atoms with Gasteiger partial charge in [-0.2, -0.15) is 0 Å². The van der Waals surface area contributed by atoms with E-state index in [0.717, 1.165) is 13.1 Å². The molecule has 1 aromatic heterocycles. The summed E-state index contributed by atoms with van der Waals surface area (Å²) >= 11 is 1.69. The SMILES string of the molecule is CN(CC(c1cccs1)N1CCOCC1)C(=O)CNC(=O)CN.Cl.Cl. The molecule has 1 aliphatic rings. The van der Waals surface area contributed by atoms with Crippen molar-refractivity contribution in [1.29, 1.82) is 0 Å². The number of carbonyl (C=O) groups is 2. The summed E-state index contributed by atoms with van der Waals surface area (Å²) in [4.78, 5) is 28.6. The Labute approximate surface area is 164 Å². The van der Waals surface area contributed by atoms with Crippen molar-refractivity contribution in [3.8, 4) is 0 Å². The van der Waals surface area contributed by atoms with Crippen LogP contribution in [0.15, 0.2) is 17.5 Å². The van der Waals surface area contributed by atoms with Crippen LogP contribution in [0.25, 0.3) is 0 Å². The van der Waals surface area contributed by atoms with Crippen LogP contribution >= 0.6 is 36.2 Å². The standard InChI is InChI=1S/C15H24N4O3S.2ClH/c1-18(15(21)10-17-14(20)9-16)11-12(13-3-2-8-23-13)19-4-6-22-7-5-19;;/h2-3,8,12H,4-7,9-11,16H2,1H3,(H,17,20);2*1H. The maximum atomic E-state index is 12.2. The topological polar surface area (TPSA) is 87.9 Å². The fourth-order valence-corrected chi connectivity index (χ4v) is 3.35. The Morgan fingerprint density at radius 1 is 1.40 bits per heavy atom. The number of nitrogens with one attached hydrogen (secondary N) is 1. The lowest BCUT2D eigenvalue weighted by molar-refractivity contribution is -0.132. The monoisotopic (exact) mass is 412 g/mol. The summed E-state index contributed by atoms with van der Waals surface area (Å²) in [5, 5.41) is 4.56. The molecule has 144 valence electrons. The highest BCUT2D eigenvalue weighted by molar-refractivity contribution is 7.10. The molecule has 25 heavy (non-hydrogen) atoms. The van der Waals surface area contributed by atoms with Gasteiger partial charge >= 0.3 is 0 Å². The van der Waals surface area contributed by atoms with Gasteiger partial charge in [0.1, 0.15) is 0 Å². The van der Waals surface area contributed by atoms with E-state index in [0.29, 0.717) is 19.8 Å². The molecular formula is C15H26Cl2N4O3S. The van der Waals surface area contributed by atoms with E-state index in [-0.39, 0.29) is 55.8 Å². The van der Waals surface area contributed by atoms with Crippen molar-refractivity contribution in [1.82, 2.24) is 15.1 Å². The fraction of sp³-hybridized carbons (Fsp3) is 0.600. The predicted molar refractivity (Wildman–Crippen MR) is 104 cm³/mol. The number of carbonyl (C=O) groups excluding carboxylic acids is 2. The van der Waals surface area contributed by atoms with E-state index in [9.17, 15) is 9.59 Å². The molecule has 0 bridgehead atoms. The molecule has 0 saturated carbocycles. The highest BCUT2D eigenvalue weighted by Gasteiger charge is 2.26. The van der Waals surface area contributed by atoms with Crippen LogP contribution in [0.4, 0.5) is 0 Å². The number of morpholine rings is 1. The first-order chi connectivity index (χ1) is 11.1. The van der Waals surface area contributed by atoms with Crippen molar-refractivity contribution in [2.24, 2.45) is 5.73 Å². The largest absolute Gasteiger partial charge is 0.379 e. The van der Waals surface area contributed by atoms with Crippen LogP contribution in [0.5, 0.6) is 0 Å². The van der Waals surface area contributed by atoms with Crippen LogP contribution in [0.2, 0.25) is 0 Å². The molecule has 1 fully saturated rings. The predicted octanol–water partition coefficient (Wildman–Crippen LogP) is 0.498. The average molecular weight is 413 g/mol. The second-order valence-corrected chi connectivity index (χ2v) is 6.41. The third-order valence-corrected chi connectivity index (χ3v) is 4.83. The van der Waals surface area contributed by atoms with Gasteiger partial charge in [0.15, 0.2) is 0 Å². The van der Waals surface area contributed by atoms with Gasteiger partial charge in [-0.15, -0.1) is 36.2 Å². The number of hydrogen-bond acceptors (Lipinski definition) is 6. The minimum atomic E-state index is -0.324. The zero-order chi connectivity index (χ0) is 16.7. The van der Waals surface area contributed by atoms with Crippen molar-refractivity contribution < 1.29 is 14.3 Å². The highest BCUT2D eigenvalue weighted by atomic mass is 35.5. The number of thiophene rings is 1. The average Bonchev–Trinajstić information content (AvgIpc) is 3.11. The van der Waals surface area contributed by atoms with E-state index in [1.165, 1.54) is 4.88 Å². The number of ether oxygens (including phenoxy) is 1. The fourth-order valence-electron chi connectivity index (χ4n) is 2.50. The molecular weight excluding hydrogens is 387 g/mol. The van der Waals surface area contributed by atoms with Gasteiger partial charge in [-0.05, 0) is 11.4 Å². The molecule has 3 N–H and O–H groups in total. The number of likely N-dealkylation sites (N-methyl/N-ethyl adjacent to an activating group) is 1. The Morgan fingerprint density at radius 2 is 2.08 bits per heavy atom. The lowest BCUT2D eigenvalue weighted by Gasteiger charge is -2.36. The number of nitrogens with two attached hydrogens (primary N) is 1. The van der Waals surface area contributed by atoms with Crippen LogP contribution in [0.1, 0.15) is 10.9 Å². The smallest absolute Gasteiger partial charge is 0.241 e. The first-order valence-electron chi connectivity index (χ1n) is 7.67. The molecule has 1 atom stereocenters. The van der Waals surface area contributed by atoms with E-state index in [2.05, 4.69) is 16.3 Å². The van der Waals surface area contributed by atoms with Crippen molar-refractivity contribution in [2.75, 3.05) is 53.0 Å². The van der Waals surface area contributed by atoms with Gasteiger partial charge in [-0.1, -0.05) is 6.07 Å². The normalized spacial score (nSPS) is 15.4. The number of halogens is 2. The Balaban J connectivity index is 0.00000288. The molecule has 0 aliphatic carbocycles. The Morgan fingerprint density at radius 3 is 2.64 bits per heavy atom. The molecule has 1 saturated heterocycles. The second kappa shape index (κ2) is 12.5. The van der Waals surface area contributed by atoms with Crippen molar-refractivity contribution in [3.63, 3.8) is 0 Å². The number of nitrogens with zero attached hydrogens (tertiary/aromatic N) is 2. The summed E-state index contributed by atoms with van der Waals surface area (Å²) in [6.45, 7) is 3.59. The minimum Gasteiger partial charge on any atom is -0.379 e. The maximum absolute atomic E-state index is 12.2. The van der Waals surface area contributed by atoms with Gasteiger partial charge in [0, 0.05) is 31.6 Å². The third kappa shape index (κ3) is 7.47. The molecule has 7 nitrogen and oxygen atoms in total. The maximum Gasteiger partial charge on any atom is 0.241 e. The van der Waals surface area contributed by atoms with Crippen molar-refractivity contribution in [3.05, 3.63) is 22.4 Å². The molecule has 0 radical (unpaired) electrons. The molecule has 2 heterocycles.